The van der Waals surface area contributed by atoms with Crippen LogP contribution >= 0.6 is 11.3 Å². The minimum Gasteiger partial charge on any atom is -0.395 e. The van der Waals surface area contributed by atoms with E-state index in [4.69, 9.17) is 0 Å². The standard InChI is InChI=1S/C12H21NOS/c1-9(2)6-11(8-14)13-7-12-5-4-10(3)15-12/h4-5,9,11,13-14H,6-8H2,1-3H3/t11-/m0/s1. The minimum absolute atomic E-state index is 0.225. The molecule has 0 aliphatic carbocycles. The normalized spacial score (nSPS) is 13.4. The maximum Gasteiger partial charge on any atom is 0.0584 e. The number of aliphatic hydroxyl groups excluding tert-OH is 1. The van der Waals surface area contributed by atoms with Crippen molar-refractivity contribution >= 4 is 11.3 Å². The summed E-state index contributed by atoms with van der Waals surface area (Å²) in [6.45, 7) is 7.57. The van der Waals surface area contributed by atoms with Crippen molar-refractivity contribution in [3.63, 3.8) is 0 Å². The second-order valence-corrected chi connectivity index (χ2v) is 5.77. The number of thiophene rings is 1. The summed E-state index contributed by atoms with van der Waals surface area (Å²) in [6.07, 6.45) is 1.03. The van der Waals surface area contributed by atoms with Gasteiger partial charge in [-0.05, 0) is 31.4 Å². The van der Waals surface area contributed by atoms with Crippen molar-refractivity contribution in [2.45, 2.75) is 39.8 Å². The smallest absolute Gasteiger partial charge is 0.0584 e. The van der Waals surface area contributed by atoms with Crippen LogP contribution in [0.5, 0.6) is 0 Å². The molecule has 0 aliphatic rings. The average Bonchev–Trinajstić information content (AvgIpc) is 2.58. The zero-order chi connectivity index (χ0) is 11.3. The van der Waals surface area contributed by atoms with Crippen LogP contribution in [0.15, 0.2) is 12.1 Å². The predicted octanol–water partition coefficient (Wildman–Crippen LogP) is 2.55. The molecular weight excluding hydrogens is 206 g/mol. The molecule has 0 saturated carbocycles. The topological polar surface area (TPSA) is 32.3 Å². The van der Waals surface area contributed by atoms with Crippen LogP contribution < -0.4 is 5.32 Å². The molecule has 0 amide bonds. The molecule has 1 atom stereocenters. The number of aliphatic hydroxyl groups is 1. The Kier molecular flexibility index (Phi) is 5.29. The highest BCUT2D eigenvalue weighted by Gasteiger charge is 2.09. The zero-order valence-corrected chi connectivity index (χ0v) is 10.6. The molecule has 0 bridgehead atoms. The van der Waals surface area contributed by atoms with E-state index in [0.717, 1.165) is 13.0 Å². The van der Waals surface area contributed by atoms with Crippen LogP contribution in [0.4, 0.5) is 0 Å². The quantitative estimate of drug-likeness (QED) is 0.783. The fourth-order valence-corrected chi connectivity index (χ4v) is 2.46. The van der Waals surface area contributed by atoms with E-state index in [1.165, 1.54) is 9.75 Å². The van der Waals surface area contributed by atoms with Crippen molar-refractivity contribution < 1.29 is 5.11 Å². The van der Waals surface area contributed by atoms with Gasteiger partial charge in [-0.25, -0.2) is 0 Å². The van der Waals surface area contributed by atoms with Crippen molar-refractivity contribution in [2.75, 3.05) is 6.61 Å². The number of rotatable bonds is 6. The van der Waals surface area contributed by atoms with E-state index in [9.17, 15) is 5.11 Å². The van der Waals surface area contributed by atoms with Gasteiger partial charge < -0.3 is 10.4 Å². The Bertz CT molecular complexity index is 283. The van der Waals surface area contributed by atoms with E-state index < -0.39 is 0 Å². The molecule has 0 radical (unpaired) electrons. The van der Waals surface area contributed by atoms with E-state index in [-0.39, 0.29) is 12.6 Å². The summed E-state index contributed by atoms with van der Waals surface area (Å²) < 4.78 is 0. The van der Waals surface area contributed by atoms with Crippen LogP contribution in [-0.4, -0.2) is 17.8 Å². The van der Waals surface area contributed by atoms with Crippen molar-refractivity contribution in [2.24, 2.45) is 5.92 Å². The first-order valence-corrected chi connectivity index (χ1v) is 6.33. The maximum atomic E-state index is 9.20. The summed E-state index contributed by atoms with van der Waals surface area (Å²) in [4.78, 5) is 2.69. The molecule has 0 saturated heterocycles. The third kappa shape index (κ3) is 4.78. The lowest BCUT2D eigenvalue weighted by Gasteiger charge is -2.17. The van der Waals surface area contributed by atoms with Gasteiger partial charge in [0.2, 0.25) is 0 Å². The molecule has 86 valence electrons. The molecule has 1 aromatic heterocycles. The Labute approximate surface area is 96.3 Å². The van der Waals surface area contributed by atoms with E-state index in [0.29, 0.717) is 5.92 Å². The van der Waals surface area contributed by atoms with Crippen LogP contribution in [0.25, 0.3) is 0 Å². The van der Waals surface area contributed by atoms with Gasteiger partial charge in [0, 0.05) is 22.3 Å². The van der Waals surface area contributed by atoms with E-state index in [2.05, 4.69) is 38.2 Å². The second kappa shape index (κ2) is 6.26. The molecule has 2 nitrogen and oxygen atoms in total. The fourth-order valence-electron chi connectivity index (χ4n) is 1.62. The molecule has 3 heteroatoms. The lowest BCUT2D eigenvalue weighted by Crippen LogP contribution is -2.32. The van der Waals surface area contributed by atoms with Crippen molar-refractivity contribution in [3.05, 3.63) is 21.9 Å². The number of nitrogens with one attached hydrogen (secondary N) is 1. The van der Waals surface area contributed by atoms with Gasteiger partial charge in [0.15, 0.2) is 0 Å². The molecule has 2 N–H and O–H groups in total. The van der Waals surface area contributed by atoms with Crippen LogP contribution in [0, 0.1) is 12.8 Å². The lowest BCUT2D eigenvalue weighted by molar-refractivity contribution is 0.224. The minimum atomic E-state index is 0.225. The highest BCUT2D eigenvalue weighted by atomic mass is 32.1. The summed E-state index contributed by atoms with van der Waals surface area (Å²) in [5, 5.41) is 12.6. The van der Waals surface area contributed by atoms with Gasteiger partial charge in [-0.15, -0.1) is 11.3 Å². The van der Waals surface area contributed by atoms with Crippen LogP contribution in [0.3, 0.4) is 0 Å². The first kappa shape index (κ1) is 12.7. The fraction of sp³-hybridized carbons (Fsp3) is 0.667. The summed E-state index contributed by atoms with van der Waals surface area (Å²) >= 11 is 1.81. The van der Waals surface area contributed by atoms with E-state index in [1.807, 2.05) is 11.3 Å². The van der Waals surface area contributed by atoms with Crippen molar-refractivity contribution in [1.29, 1.82) is 0 Å². The zero-order valence-electron chi connectivity index (χ0n) is 9.79. The van der Waals surface area contributed by atoms with E-state index >= 15 is 0 Å². The van der Waals surface area contributed by atoms with Crippen LogP contribution in [0.2, 0.25) is 0 Å². The number of hydrogen-bond donors (Lipinski definition) is 2. The lowest BCUT2D eigenvalue weighted by atomic mass is 10.0. The maximum absolute atomic E-state index is 9.20. The number of aryl methyl sites for hydroxylation is 1. The monoisotopic (exact) mass is 227 g/mol. The summed E-state index contributed by atoms with van der Waals surface area (Å²) in [7, 11) is 0. The third-order valence-electron chi connectivity index (χ3n) is 2.34. The molecule has 0 unspecified atom stereocenters. The van der Waals surface area contributed by atoms with Gasteiger partial charge in [0.1, 0.15) is 0 Å². The predicted molar refractivity (Wildman–Crippen MR) is 66.2 cm³/mol. The van der Waals surface area contributed by atoms with Gasteiger partial charge in [-0.1, -0.05) is 13.8 Å². The van der Waals surface area contributed by atoms with Gasteiger partial charge in [-0.3, -0.25) is 0 Å². The Morgan fingerprint density at radius 1 is 1.40 bits per heavy atom. The highest BCUT2D eigenvalue weighted by Crippen LogP contribution is 2.15. The SMILES string of the molecule is Cc1ccc(CN[C@H](CO)CC(C)C)s1. The Morgan fingerprint density at radius 2 is 2.13 bits per heavy atom. The molecule has 1 rings (SSSR count). The molecule has 1 aromatic rings. The van der Waals surface area contributed by atoms with Gasteiger partial charge in [0.05, 0.1) is 6.61 Å². The Morgan fingerprint density at radius 3 is 2.60 bits per heavy atom. The van der Waals surface area contributed by atoms with Gasteiger partial charge in [0.25, 0.3) is 0 Å². The largest absolute Gasteiger partial charge is 0.395 e. The third-order valence-corrected chi connectivity index (χ3v) is 3.34. The molecule has 0 spiro atoms. The van der Waals surface area contributed by atoms with E-state index in [1.54, 1.807) is 0 Å². The average molecular weight is 227 g/mol. The first-order chi connectivity index (χ1) is 7.11. The van der Waals surface area contributed by atoms with Crippen LogP contribution in [-0.2, 0) is 6.54 Å². The summed E-state index contributed by atoms with van der Waals surface area (Å²) in [5.74, 6) is 0.625. The van der Waals surface area contributed by atoms with Gasteiger partial charge >= 0.3 is 0 Å². The molecule has 15 heavy (non-hydrogen) atoms. The van der Waals surface area contributed by atoms with Gasteiger partial charge in [-0.2, -0.15) is 0 Å². The second-order valence-electron chi connectivity index (χ2n) is 4.40. The Balaban J connectivity index is 2.34. The van der Waals surface area contributed by atoms with Crippen LogP contribution in [0.1, 0.15) is 30.0 Å². The molecule has 0 aliphatic heterocycles. The highest BCUT2D eigenvalue weighted by molar-refractivity contribution is 7.11. The molecular formula is C12H21NOS. The van der Waals surface area contributed by atoms with Crippen molar-refractivity contribution in [3.8, 4) is 0 Å². The molecule has 0 fully saturated rings. The molecule has 1 heterocycles. The van der Waals surface area contributed by atoms with Crippen molar-refractivity contribution in [1.82, 2.24) is 5.32 Å². The molecule has 0 aromatic carbocycles. The number of hydrogen-bond acceptors (Lipinski definition) is 3. The summed E-state index contributed by atoms with van der Waals surface area (Å²) in [5.41, 5.74) is 0. The first-order valence-electron chi connectivity index (χ1n) is 5.51. The Hall–Kier alpha value is -0.380. The summed E-state index contributed by atoms with van der Waals surface area (Å²) in [6, 6.07) is 4.52.